The maximum absolute atomic E-state index is 14.2. The second-order valence-corrected chi connectivity index (χ2v) is 14.8. The number of phosphoric acid groups is 1. The molecule has 2 fully saturated rings. The third kappa shape index (κ3) is 14.6. The summed E-state index contributed by atoms with van der Waals surface area (Å²) in [5, 5.41) is 0. The molecule has 328 valence electrons. The van der Waals surface area contributed by atoms with Gasteiger partial charge in [-0.1, -0.05) is 67.6 Å². The zero-order chi connectivity index (χ0) is 43.2. The number of phosphoric ester groups is 1. The monoisotopic (exact) mass is 871 g/mol. The average Bonchev–Trinajstić information content (AvgIpc) is 3.64. The zero-order valence-electron chi connectivity index (χ0n) is 32.0. The number of hydrogen-bond donors (Lipinski definition) is 0. The molecule has 2 aromatic rings. The molecule has 22 heteroatoms. The second kappa shape index (κ2) is 22.0. The number of ether oxygens (including phenoxy) is 8. The van der Waals surface area contributed by atoms with E-state index < -0.39 is 114 Å². The Bertz CT molecular complexity index is 1690. The largest absolute Gasteiger partial charge is 0.509 e. The molecule has 3 unspecified atom stereocenters. The van der Waals surface area contributed by atoms with Crippen molar-refractivity contribution in [2.45, 2.75) is 102 Å². The Labute approximate surface area is 335 Å². The number of hydrogen-bond acceptors (Lipinski definition) is 14. The molecule has 0 aliphatic carbocycles. The Morgan fingerprint density at radius 3 is 1.83 bits per heavy atom. The van der Waals surface area contributed by atoms with Crippen molar-refractivity contribution < 1.29 is 92.0 Å². The van der Waals surface area contributed by atoms with Crippen LogP contribution in [-0.4, -0.2) is 107 Å². The first kappa shape index (κ1) is 47.7. The van der Waals surface area contributed by atoms with E-state index in [0.29, 0.717) is 11.1 Å². The number of alkyl halides is 6. The third-order valence-corrected chi connectivity index (χ3v) is 10.3. The number of carbonyl (C=O) groups is 2. The Hall–Kier alpha value is -4.00. The standard InChI is InChI=1S/C37H44F6NO14P/c1-5-27-33(30(23(2)54-27)51-22-48-21-29(36(38,39)40)37(41,42)43)58-59(47,52-17-16-44-4)53-20-28-32(57-35(46)50-19-26-14-10-7-11-15-26)31(24(3)55-28)56-34(45)49-18-25-12-8-6-9-13-25/h6-15,23-24,27-33H,5,16-22H2,1-3H3/t23-,24-,27+,28+,30?,31?,32-,33-,59?/m0/s1. The molecule has 0 N–H and O–H groups in total. The molecule has 0 amide bonds. The molecule has 0 spiro atoms. The Morgan fingerprint density at radius 1 is 0.780 bits per heavy atom. The summed E-state index contributed by atoms with van der Waals surface area (Å²) in [6.45, 7) is 6.98. The van der Waals surface area contributed by atoms with Crippen LogP contribution in [-0.2, 0) is 69.2 Å². The molecule has 0 aromatic heterocycles. The Morgan fingerprint density at radius 2 is 1.31 bits per heavy atom. The van der Waals surface area contributed by atoms with Crippen molar-refractivity contribution in [2.24, 2.45) is 5.92 Å². The summed E-state index contributed by atoms with van der Waals surface area (Å²) in [5.41, 5.74) is 1.28. The summed E-state index contributed by atoms with van der Waals surface area (Å²) >= 11 is 0. The van der Waals surface area contributed by atoms with Crippen LogP contribution in [0.2, 0.25) is 0 Å². The molecule has 0 radical (unpaired) electrons. The molecule has 2 aromatic carbocycles. The lowest BCUT2D eigenvalue weighted by atomic mass is 10.1. The molecular weight excluding hydrogens is 827 g/mol. The quantitative estimate of drug-likeness (QED) is 0.0315. The van der Waals surface area contributed by atoms with Crippen LogP contribution in [0.15, 0.2) is 60.7 Å². The van der Waals surface area contributed by atoms with Gasteiger partial charge in [0.2, 0.25) is 6.54 Å². The normalized spacial score (nSPS) is 25.6. The van der Waals surface area contributed by atoms with Crippen molar-refractivity contribution in [2.75, 3.05) is 33.2 Å². The minimum atomic E-state index is -5.64. The zero-order valence-corrected chi connectivity index (χ0v) is 32.9. The van der Waals surface area contributed by atoms with Crippen molar-refractivity contribution in [1.29, 1.82) is 0 Å². The topological polar surface area (TPSA) is 157 Å². The lowest BCUT2D eigenvalue weighted by Gasteiger charge is -2.28. The lowest BCUT2D eigenvalue weighted by Crippen LogP contribution is -2.41. The van der Waals surface area contributed by atoms with E-state index in [4.69, 9.17) is 53.3 Å². The van der Waals surface area contributed by atoms with E-state index in [1.807, 2.05) is 0 Å². The number of rotatable bonds is 20. The van der Waals surface area contributed by atoms with Crippen LogP contribution in [0.25, 0.3) is 4.85 Å². The number of benzene rings is 2. The van der Waals surface area contributed by atoms with Crippen molar-refractivity contribution in [3.05, 3.63) is 83.2 Å². The van der Waals surface area contributed by atoms with Gasteiger partial charge in [-0.05, 0) is 31.4 Å². The van der Waals surface area contributed by atoms with E-state index in [0.717, 1.165) is 0 Å². The first-order valence-electron chi connectivity index (χ1n) is 18.2. The predicted molar refractivity (Wildman–Crippen MR) is 189 cm³/mol. The summed E-state index contributed by atoms with van der Waals surface area (Å²) in [4.78, 5) is 28.9. The van der Waals surface area contributed by atoms with E-state index in [9.17, 15) is 40.5 Å². The number of carbonyl (C=O) groups excluding carboxylic acids is 2. The highest BCUT2D eigenvalue weighted by atomic mass is 31.2. The lowest BCUT2D eigenvalue weighted by molar-refractivity contribution is -0.299. The Kier molecular flexibility index (Phi) is 17.8. The highest BCUT2D eigenvalue weighted by Gasteiger charge is 2.57. The molecule has 2 heterocycles. The van der Waals surface area contributed by atoms with Crippen LogP contribution >= 0.6 is 7.82 Å². The van der Waals surface area contributed by atoms with Gasteiger partial charge in [0.25, 0.3) is 0 Å². The minimum Gasteiger partial charge on any atom is -0.429 e. The SMILES string of the molecule is [C-]#[N+]CCOP(=O)(OC[C@H]1O[C@@H](C)C(OC(=O)OCc2ccccc2)[C@H]1OC(=O)OCc1ccccc1)O[C@@H]1C(OCOCC(C(F)(F)F)C(F)(F)F)[C@H](C)O[C@@H]1CC. The van der Waals surface area contributed by atoms with Crippen LogP contribution in [0.3, 0.4) is 0 Å². The second-order valence-electron chi connectivity index (χ2n) is 13.2. The van der Waals surface area contributed by atoms with Gasteiger partial charge < -0.3 is 42.7 Å². The first-order valence-corrected chi connectivity index (χ1v) is 19.7. The van der Waals surface area contributed by atoms with Crippen LogP contribution in [0.5, 0.6) is 0 Å². The fraction of sp³-hybridized carbons (Fsp3) is 0.595. The molecule has 0 saturated carbocycles. The molecular formula is C37H44F6NO14P. The van der Waals surface area contributed by atoms with Crippen molar-refractivity contribution in [1.82, 2.24) is 0 Å². The van der Waals surface area contributed by atoms with E-state index in [2.05, 4.69) is 9.58 Å². The Balaban J connectivity index is 1.49. The minimum absolute atomic E-state index is 0.151. The summed E-state index contributed by atoms with van der Waals surface area (Å²) < 4.78 is 153. The highest BCUT2D eigenvalue weighted by Crippen LogP contribution is 2.53. The maximum atomic E-state index is 14.2. The molecule has 4 rings (SSSR count). The van der Waals surface area contributed by atoms with E-state index >= 15 is 0 Å². The van der Waals surface area contributed by atoms with Crippen molar-refractivity contribution >= 4 is 20.1 Å². The fourth-order valence-corrected chi connectivity index (χ4v) is 7.33. The van der Waals surface area contributed by atoms with Crippen LogP contribution in [0.4, 0.5) is 35.9 Å². The van der Waals surface area contributed by atoms with Crippen LogP contribution < -0.4 is 0 Å². The molecule has 2 saturated heterocycles. The average molecular weight is 872 g/mol. The van der Waals surface area contributed by atoms with Gasteiger partial charge in [-0.15, -0.1) is 0 Å². The van der Waals surface area contributed by atoms with Gasteiger partial charge in [0.05, 0.1) is 31.5 Å². The smallest absolute Gasteiger partial charge is 0.429 e. The van der Waals surface area contributed by atoms with Gasteiger partial charge in [-0.3, -0.25) is 13.6 Å². The molecule has 2 aliphatic rings. The summed E-state index contributed by atoms with van der Waals surface area (Å²) in [6.07, 6.45) is -23.0. The number of halogens is 6. The molecule has 59 heavy (non-hydrogen) atoms. The summed E-state index contributed by atoms with van der Waals surface area (Å²) in [7, 11) is -4.82. The van der Waals surface area contributed by atoms with Gasteiger partial charge >= 0.3 is 32.5 Å². The van der Waals surface area contributed by atoms with Crippen molar-refractivity contribution in [3.63, 3.8) is 0 Å². The number of nitrogens with zero attached hydrogens (tertiary/aromatic N) is 1. The van der Waals surface area contributed by atoms with Gasteiger partial charge in [0, 0.05) is 0 Å². The van der Waals surface area contributed by atoms with Crippen LogP contribution in [0.1, 0.15) is 38.3 Å². The van der Waals surface area contributed by atoms with Gasteiger partial charge in [0.15, 0.2) is 18.1 Å². The van der Waals surface area contributed by atoms with E-state index in [1.165, 1.54) is 13.8 Å². The maximum Gasteiger partial charge on any atom is 0.509 e. The predicted octanol–water partition coefficient (Wildman–Crippen LogP) is 7.96. The molecule has 2 aliphatic heterocycles. The van der Waals surface area contributed by atoms with Gasteiger partial charge in [-0.25, -0.2) is 20.7 Å². The molecule has 0 bridgehead atoms. The molecule has 15 nitrogen and oxygen atoms in total. The molecule has 9 atom stereocenters. The fourth-order valence-electron chi connectivity index (χ4n) is 5.95. The first-order chi connectivity index (χ1) is 27.9. The van der Waals surface area contributed by atoms with Crippen LogP contribution in [0, 0.1) is 12.5 Å². The highest BCUT2D eigenvalue weighted by molar-refractivity contribution is 7.48. The summed E-state index contributed by atoms with van der Waals surface area (Å²) in [6, 6.07) is 17.3. The third-order valence-electron chi connectivity index (χ3n) is 8.87. The van der Waals surface area contributed by atoms with Crippen molar-refractivity contribution in [3.8, 4) is 0 Å². The van der Waals surface area contributed by atoms with Gasteiger partial charge in [-0.2, -0.15) is 26.3 Å². The summed E-state index contributed by atoms with van der Waals surface area (Å²) in [5.74, 6) is -3.78. The van der Waals surface area contributed by atoms with E-state index in [1.54, 1.807) is 67.6 Å². The van der Waals surface area contributed by atoms with Gasteiger partial charge in [0.1, 0.15) is 44.9 Å². The van der Waals surface area contributed by atoms with E-state index in [-0.39, 0.29) is 26.2 Å².